The number of aliphatic hydroxyl groups excluding tert-OH is 1. The van der Waals surface area contributed by atoms with Crippen molar-refractivity contribution in [1.29, 1.82) is 0 Å². The Labute approximate surface area is 130 Å². The van der Waals surface area contributed by atoms with E-state index in [9.17, 15) is 5.11 Å². The summed E-state index contributed by atoms with van der Waals surface area (Å²) in [7, 11) is 0. The Balaban J connectivity index is 1.74. The molecule has 0 aromatic heterocycles. The van der Waals surface area contributed by atoms with Crippen LogP contribution in [0.3, 0.4) is 0 Å². The molecule has 21 heavy (non-hydrogen) atoms. The van der Waals surface area contributed by atoms with Crippen LogP contribution >= 0.6 is 0 Å². The van der Waals surface area contributed by atoms with Crippen LogP contribution in [0.1, 0.15) is 72.1 Å². The van der Waals surface area contributed by atoms with Gasteiger partial charge in [0.1, 0.15) is 0 Å². The van der Waals surface area contributed by atoms with Crippen LogP contribution in [0.15, 0.2) is 11.6 Å². The largest absolute Gasteiger partial charge is 0.392 e. The maximum atomic E-state index is 9.71. The Bertz CT molecular complexity index is 476. The van der Waals surface area contributed by atoms with Gasteiger partial charge in [-0.1, -0.05) is 33.3 Å². The van der Waals surface area contributed by atoms with Gasteiger partial charge in [0, 0.05) is 0 Å². The van der Waals surface area contributed by atoms with Gasteiger partial charge in [0.2, 0.25) is 0 Å². The molecule has 1 heteroatoms. The van der Waals surface area contributed by atoms with E-state index in [2.05, 4.69) is 26.8 Å². The summed E-state index contributed by atoms with van der Waals surface area (Å²) in [4.78, 5) is 0. The second-order valence-corrected chi connectivity index (χ2v) is 9.58. The van der Waals surface area contributed by atoms with Crippen LogP contribution in [0.4, 0.5) is 0 Å². The fourth-order valence-corrected chi connectivity index (χ4v) is 7.55. The highest BCUT2D eigenvalue weighted by atomic mass is 16.3. The summed E-state index contributed by atoms with van der Waals surface area (Å²) in [5.74, 6) is 2.50. The minimum absolute atomic E-state index is 0.310. The average Bonchev–Trinajstić information content (AvgIpc) is 2.68. The standard InChI is InChI=1S/C20H32O/c1-18(2)8-4-9-19(3)16(18)7-10-20-11-14(5-6-17(19)20)15(12-20)13-21/h12,14,16-17,21H,4-11,13H2,1-3H3/t14-,16-,17+,19-,20+/m1/s1. The first kappa shape index (κ1) is 14.3. The molecule has 0 aromatic carbocycles. The molecule has 1 N–H and O–H groups in total. The molecule has 3 saturated carbocycles. The van der Waals surface area contributed by atoms with Gasteiger partial charge in [-0.15, -0.1) is 0 Å². The molecule has 0 unspecified atom stereocenters. The second-order valence-electron chi connectivity index (χ2n) is 9.58. The van der Waals surface area contributed by atoms with E-state index in [1.54, 1.807) is 0 Å². The molecular formula is C20H32O. The molecule has 0 radical (unpaired) electrons. The fraction of sp³-hybridized carbons (Fsp3) is 0.900. The Kier molecular flexibility index (Phi) is 2.98. The summed E-state index contributed by atoms with van der Waals surface area (Å²) in [5.41, 5.74) is 2.93. The van der Waals surface area contributed by atoms with Crippen molar-refractivity contribution in [1.82, 2.24) is 0 Å². The van der Waals surface area contributed by atoms with E-state index in [0.717, 1.165) is 11.8 Å². The molecule has 4 aliphatic rings. The molecule has 1 spiro atoms. The average molecular weight is 288 g/mol. The number of allylic oxidation sites excluding steroid dienone is 1. The van der Waals surface area contributed by atoms with Crippen molar-refractivity contribution >= 4 is 0 Å². The number of aliphatic hydroxyl groups is 1. The van der Waals surface area contributed by atoms with E-state index >= 15 is 0 Å². The highest BCUT2D eigenvalue weighted by Gasteiger charge is 2.61. The molecule has 0 aromatic rings. The van der Waals surface area contributed by atoms with E-state index in [1.165, 1.54) is 56.9 Å². The van der Waals surface area contributed by atoms with Crippen LogP contribution in [-0.2, 0) is 0 Å². The molecule has 1 nitrogen and oxygen atoms in total. The lowest BCUT2D eigenvalue weighted by Crippen LogP contribution is -2.55. The normalized spacial score (nSPS) is 51.0. The second kappa shape index (κ2) is 4.37. The van der Waals surface area contributed by atoms with Gasteiger partial charge in [0.05, 0.1) is 6.61 Å². The summed E-state index contributed by atoms with van der Waals surface area (Å²) in [6, 6.07) is 0. The topological polar surface area (TPSA) is 20.2 Å². The Morgan fingerprint density at radius 2 is 1.86 bits per heavy atom. The predicted octanol–water partition coefficient (Wildman–Crippen LogP) is 4.95. The lowest BCUT2D eigenvalue weighted by molar-refractivity contribution is -0.133. The zero-order valence-corrected chi connectivity index (χ0v) is 14.1. The van der Waals surface area contributed by atoms with E-state index in [0.29, 0.717) is 28.8 Å². The summed E-state index contributed by atoms with van der Waals surface area (Å²) in [5, 5.41) is 9.71. The highest BCUT2D eigenvalue weighted by molar-refractivity contribution is 5.28. The number of rotatable bonds is 1. The van der Waals surface area contributed by atoms with Gasteiger partial charge >= 0.3 is 0 Å². The lowest BCUT2D eigenvalue weighted by atomic mass is 9.41. The maximum absolute atomic E-state index is 9.71. The van der Waals surface area contributed by atoms with Crippen LogP contribution in [-0.4, -0.2) is 11.7 Å². The SMILES string of the molecule is CC1(C)CCC[C@]2(C)[C@@H]1CC[C@]13C=C(CO)[C@H](CC[C@H]12)C3. The molecule has 4 aliphatic carbocycles. The van der Waals surface area contributed by atoms with Gasteiger partial charge in [-0.3, -0.25) is 0 Å². The Hall–Kier alpha value is -0.300. The predicted molar refractivity (Wildman–Crippen MR) is 86.9 cm³/mol. The first-order valence-corrected chi connectivity index (χ1v) is 9.24. The van der Waals surface area contributed by atoms with Crippen LogP contribution in [0, 0.1) is 34.0 Å². The monoisotopic (exact) mass is 288 g/mol. The van der Waals surface area contributed by atoms with Gasteiger partial charge in [-0.05, 0) is 84.5 Å². The fourth-order valence-electron chi connectivity index (χ4n) is 7.55. The number of hydrogen-bond acceptors (Lipinski definition) is 1. The van der Waals surface area contributed by atoms with Crippen LogP contribution in [0.2, 0.25) is 0 Å². The molecule has 0 heterocycles. The summed E-state index contributed by atoms with van der Waals surface area (Å²) < 4.78 is 0. The van der Waals surface area contributed by atoms with Gasteiger partial charge in [-0.2, -0.15) is 0 Å². The highest BCUT2D eigenvalue weighted by Crippen LogP contribution is 2.70. The molecule has 2 bridgehead atoms. The summed E-state index contributed by atoms with van der Waals surface area (Å²) in [6.45, 7) is 8.00. The van der Waals surface area contributed by atoms with Crippen LogP contribution in [0.25, 0.3) is 0 Å². The first-order chi connectivity index (χ1) is 9.91. The van der Waals surface area contributed by atoms with Gasteiger partial charge in [-0.25, -0.2) is 0 Å². The van der Waals surface area contributed by atoms with Crippen molar-refractivity contribution < 1.29 is 5.11 Å². The van der Waals surface area contributed by atoms with Crippen molar-refractivity contribution in [2.75, 3.05) is 6.61 Å². The lowest BCUT2D eigenvalue weighted by Gasteiger charge is -2.63. The Morgan fingerprint density at radius 1 is 1.05 bits per heavy atom. The van der Waals surface area contributed by atoms with Crippen LogP contribution in [0.5, 0.6) is 0 Å². The van der Waals surface area contributed by atoms with Gasteiger partial charge < -0.3 is 5.11 Å². The first-order valence-electron chi connectivity index (χ1n) is 9.24. The van der Waals surface area contributed by atoms with Gasteiger partial charge in [0.15, 0.2) is 0 Å². The molecule has 0 amide bonds. The van der Waals surface area contributed by atoms with E-state index < -0.39 is 0 Å². The van der Waals surface area contributed by atoms with E-state index in [1.807, 2.05) is 0 Å². The molecule has 0 aliphatic heterocycles. The molecule has 5 atom stereocenters. The van der Waals surface area contributed by atoms with Crippen molar-refractivity contribution in [2.24, 2.45) is 34.0 Å². The summed E-state index contributed by atoms with van der Waals surface area (Å²) >= 11 is 0. The molecule has 0 saturated heterocycles. The number of fused-ring (bicyclic) bond motifs is 3. The molecule has 4 rings (SSSR count). The van der Waals surface area contributed by atoms with Crippen molar-refractivity contribution in [3.05, 3.63) is 11.6 Å². The van der Waals surface area contributed by atoms with Crippen molar-refractivity contribution in [2.45, 2.75) is 72.1 Å². The smallest absolute Gasteiger partial charge is 0.0644 e. The molecule has 118 valence electrons. The maximum Gasteiger partial charge on any atom is 0.0644 e. The third kappa shape index (κ3) is 1.79. The van der Waals surface area contributed by atoms with E-state index in [-0.39, 0.29) is 0 Å². The van der Waals surface area contributed by atoms with Gasteiger partial charge in [0.25, 0.3) is 0 Å². The number of hydrogen-bond donors (Lipinski definition) is 1. The molecule has 3 fully saturated rings. The zero-order valence-electron chi connectivity index (χ0n) is 14.1. The zero-order chi connectivity index (χ0) is 14.9. The van der Waals surface area contributed by atoms with Crippen molar-refractivity contribution in [3.63, 3.8) is 0 Å². The summed E-state index contributed by atoms with van der Waals surface area (Å²) in [6.07, 6.45) is 13.8. The van der Waals surface area contributed by atoms with Crippen molar-refractivity contribution in [3.8, 4) is 0 Å². The minimum atomic E-state index is 0.310. The van der Waals surface area contributed by atoms with Crippen LogP contribution < -0.4 is 0 Å². The third-order valence-electron chi connectivity index (χ3n) is 8.27. The quantitative estimate of drug-likeness (QED) is 0.677. The molecular weight excluding hydrogens is 256 g/mol. The minimum Gasteiger partial charge on any atom is -0.392 e. The third-order valence-corrected chi connectivity index (χ3v) is 8.27. The Morgan fingerprint density at radius 3 is 2.62 bits per heavy atom. The van der Waals surface area contributed by atoms with E-state index in [4.69, 9.17) is 0 Å².